The van der Waals surface area contributed by atoms with Crippen LogP contribution in [-0.4, -0.2) is 29.5 Å². The van der Waals surface area contributed by atoms with Crippen molar-refractivity contribution in [3.63, 3.8) is 0 Å². The van der Waals surface area contributed by atoms with Gasteiger partial charge in [-0.1, -0.05) is 29.8 Å². The number of rotatable bonds is 8. The van der Waals surface area contributed by atoms with Gasteiger partial charge in [0.25, 0.3) is 0 Å². The molecule has 128 valence electrons. The molecule has 2 rings (SSSR count). The monoisotopic (exact) mass is 361 g/mol. The van der Waals surface area contributed by atoms with E-state index in [1.807, 2.05) is 23.9 Å². The van der Waals surface area contributed by atoms with Crippen molar-refractivity contribution in [3.05, 3.63) is 53.7 Å². The van der Waals surface area contributed by atoms with Crippen LogP contribution in [0.1, 0.15) is 17.5 Å². The molecule has 6 heteroatoms. The Morgan fingerprint density at radius 3 is 2.96 bits per heavy atom. The molecular formula is C18H23N3OS2. The quantitative estimate of drug-likeness (QED) is 0.547. The predicted molar refractivity (Wildman–Crippen MR) is 107 cm³/mol. The molecule has 2 N–H and O–H groups in total. The van der Waals surface area contributed by atoms with E-state index in [0.717, 1.165) is 24.5 Å². The molecule has 0 aliphatic heterocycles. The number of nitrogens with one attached hydrogen (secondary N) is 2. The third-order valence-electron chi connectivity index (χ3n) is 3.32. The van der Waals surface area contributed by atoms with Crippen LogP contribution in [-0.2, 0) is 5.75 Å². The molecule has 0 radical (unpaired) electrons. The van der Waals surface area contributed by atoms with Crippen LogP contribution >= 0.6 is 24.0 Å². The summed E-state index contributed by atoms with van der Waals surface area (Å²) < 4.78 is 5.24. The molecule has 1 heterocycles. The Morgan fingerprint density at radius 1 is 1.29 bits per heavy atom. The average Bonchev–Trinajstić information content (AvgIpc) is 2.58. The number of pyridine rings is 1. The highest BCUT2D eigenvalue weighted by atomic mass is 32.2. The number of aryl methyl sites for hydroxylation is 1. The molecule has 0 saturated carbocycles. The summed E-state index contributed by atoms with van der Waals surface area (Å²) in [6, 6.07) is 12.3. The van der Waals surface area contributed by atoms with Gasteiger partial charge < -0.3 is 15.4 Å². The van der Waals surface area contributed by atoms with E-state index in [9.17, 15) is 0 Å². The minimum atomic E-state index is 0.565. The normalized spacial score (nSPS) is 10.2. The highest BCUT2D eigenvalue weighted by molar-refractivity contribution is 7.98. The van der Waals surface area contributed by atoms with Gasteiger partial charge in [0.15, 0.2) is 16.7 Å². The van der Waals surface area contributed by atoms with Gasteiger partial charge in [-0.05, 0) is 49.0 Å². The molecule has 0 saturated heterocycles. The molecule has 1 aromatic heterocycles. The average molecular weight is 362 g/mol. The SMILES string of the molecule is COc1cccnc1NC(=S)NCCCSCc1cccc(C)c1. The lowest BCUT2D eigenvalue weighted by atomic mass is 10.2. The molecule has 0 unspecified atom stereocenters. The number of anilines is 1. The van der Waals surface area contributed by atoms with Crippen LogP contribution in [0.4, 0.5) is 5.82 Å². The van der Waals surface area contributed by atoms with E-state index in [2.05, 4.69) is 46.8 Å². The molecule has 0 fully saturated rings. The molecule has 1 aromatic carbocycles. The van der Waals surface area contributed by atoms with Crippen molar-refractivity contribution >= 4 is 34.9 Å². The smallest absolute Gasteiger partial charge is 0.174 e. The zero-order chi connectivity index (χ0) is 17.2. The summed E-state index contributed by atoms with van der Waals surface area (Å²) in [6.45, 7) is 2.96. The Balaban J connectivity index is 1.61. The maximum Gasteiger partial charge on any atom is 0.174 e. The molecule has 0 aliphatic rings. The maximum atomic E-state index is 5.29. The van der Waals surface area contributed by atoms with E-state index < -0.39 is 0 Å². The van der Waals surface area contributed by atoms with E-state index in [0.29, 0.717) is 16.7 Å². The molecule has 0 aliphatic carbocycles. The van der Waals surface area contributed by atoms with Crippen molar-refractivity contribution < 1.29 is 4.74 Å². The number of aromatic nitrogens is 1. The van der Waals surface area contributed by atoms with Crippen LogP contribution in [0.15, 0.2) is 42.6 Å². The van der Waals surface area contributed by atoms with Crippen LogP contribution in [0.2, 0.25) is 0 Å². The zero-order valence-electron chi connectivity index (χ0n) is 14.0. The van der Waals surface area contributed by atoms with Gasteiger partial charge in [-0.15, -0.1) is 0 Å². The van der Waals surface area contributed by atoms with Crippen LogP contribution < -0.4 is 15.4 Å². The standard InChI is InChI=1S/C18H23N3OS2/c1-14-6-3-7-15(12-14)13-24-11-5-10-20-18(23)21-17-16(22-2)8-4-9-19-17/h3-4,6-9,12H,5,10-11,13H2,1-2H3,(H2,19,20,21,23). The van der Waals surface area contributed by atoms with Crippen LogP contribution in [0, 0.1) is 6.92 Å². The second-order valence-electron chi connectivity index (χ2n) is 5.33. The Hall–Kier alpha value is -1.79. The van der Waals surface area contributed by atoms with Gasteiger partial charge in [0.05, 0.1) is 7.11 Å². The summed E-state index contributed by atoms with van der Waals surface area (Å²) in [6.07, 6.45) is 2.76. The summed E-state index contributed by atoms with van der Waals surface area (Å²) >= 11 is 7.23. The van der Waals surface area contributed by atoms with Crippen molar-refractivity contribution in [2.45, 2.75) is 19.1 Å². The number of hydrogen-bond donors (Lipinski definition) is 2. The largest absolute Gasteiger partial charge is 0.493 e. The Bertz CT molecular complexity index is 664. The number of methoxy groups -OCH3 is 1. The highest BCUT2D eigenvalue weighted by Gasteiger charge is 2.04. The molecule has 0 atom stereocenters. The molecule has 4 nitrogen and oxygen atoms in total. The van der Waals surface area contributed by atoms with Crippen molar-refractivity contribution in [2.24, 2.45) is 0 Å². The number of nitrogens with zero attached hydrogens (tertiary/aromatic N) is 1. The van der Waals surface area contributed by atoms with E-state index in [-0.39, 0.29) is 0 Å². The van der Waals surface area contributed by atoms with Gasteiger partial charge in [0.1, 0.15) is 0 Å². The van der Waals surface area contributed by atoms with Crippen LogP contribution in [0.25, 0.3) is 0 Å². The third-order valence-corrected chi connectivity index (χ3v) is 4.69. The van der Waals surface area contributed by atoms with Crippen molar-refractivity contribution in [3.8, 4) is 5.75 Å². The highest BCUT2D eigenvalue weighted by Crippen LogP contribution is 2.19. The zero-order valence-corrected chi connectivity index (χ0v) is 15.7. The van der Waals surface area contributed by atoms with Gasteiger partial charge in [-0.2, -0.15) is 11.8 Å². The molecule has 0 bridgehead atoms. The lowest BCUT2D eigenvalue weighted by Gasteiger charge is -2.12. The first kappa shape index (κ1) is 18.5. The fourth-order valence-corrected chi connectivity index (χ4v) is 3.28. The third kappa shape index (κ3) is 6.37. The number of hydrogen-bond acceptors (Lipinski definition) is 4. The van der Waals surface area contributed by atoms with Crippen LogP contribution in [0.5, 0.6) is 5.75 Å². The topological polar surface area (TPSA) is 46.2 Å². The van der Waals surface area contributed by atoms with Crippen molar-refractivity contribution in [2.75, 3.05) is 24.7 Å². The first-order valence-corrected chi connectivity index (χ1v) is 9.42. The molecule has 0 spiro atoms. The minimum absolute atomic E-state index is 0.565. The maximum absolute atomic E-state index is 5.29. The lowest BCUT2D eigenvalue weighted by Crippen LogP contribution is -2.30. The Labute approximate surface area is 153 Å². The lowest BCUT2D eigenvalue weighted by molar-refractivity contribution is 0.415. The summed E-state index contributed by atoms with van der Waals surface area (Å²) in [5.41, 5.74) is 2.70. The van der Waals surface area contributed by atoms with Crippen molar-refractivity contribution in [1.82, 2.24) is 10.3 Å². The number of thioether (sulfide) groups is 1. The van der Waals surface area contributed by atoms with E-state index in [1.54, 1.807) is 13.3 Å². The fourth-order valence-electron chi connectivity index (χ4n) is 2.17. The number of benzene rings is 1. The number of thiocarbonyl (C=S) groups is 1. The first-order chi connectivity index (χ1) is 11.7. The van der Waals surface area contributed by atoms with Gasteiger partial charge in [-0.25, -0.2) is 4.98 Å². The Morgan fingerprint density at radius 2 is 2.17 bits per heavy atom. The van der Waals surface area contributed by atoms with Crippen molar-refractivity contribution in [1.29, 1.82) is 0 Å². The Kier molecular flexibility index (Phi) is 7.85. The van der Waals surface area contributed by atoms with Gasteiger partial charge in [-0.3, -0.25) is 0 Å². The molecule has 0 amide bonds. The second-order valence-corrected chi connectivity index (χ2v) is 6.84. The van der Waals surface area contributed by atoms with Gasteiger partial charge in [0, 0.05) is 18.5 Å². The van der Waals surface area contributed by atoms with E-state index in [4.69, 9.17) is 17.0 Å². The summed E-state index contributed by atoms with van der Waals surface area (Å²) in [4.78, 5) is 4.22. The minimum Gasteiger partial charge on any atom is -0.493 e. The predicted octanol–water partition coefficient (Wildman–Crippen LogP) is 4.01. The number of ether oxygens (including phenoxy) is 1. The second kappa shape index (κ2) is 10.2. The van der Waals surface area contributed by atoms with Gasteiger partial charge >= 0.3 is 0 Å². The van der Waals surface area contributed by atoms with Crippen LogP contribution in [0.3, 0.4) is 0 Å². The molecule has 24 heavy (non-hydrogen) atoms. The summed E-state index contributed by atoms with van der Waals surface area (Å²) in [5.74, 6) is 3.45. The summed E-state index contributed by atoms with van der Waals surface area (Å²) in [5, 5.41) is 6.83. The summed E-state index contributed by atoms with van der Waals surface area (Å²) in [7, 11) is 1.62. The first-order valence-electron chi connectivity index (χ1n) is 7.86. The van der Waals surface area contributed by atoms with Gasteiger partial charge in [0.2, 0.25) is 0 Å². The molecular weight excluding hydrogens is 338 g/mol. The fraction of sp³-hybridized carbons (Fsp3) is 0.333. The molecule has 2 aromatic rings. The van der Waals surface area contributed by atoms with E-state index in [1.165, 1.54) is 11.1 Å². The van der Waals surface area contributed by atoms with E-state index >= 15 is 0 Å².